The fraction of sp³-hybridized carbons (Fsp3) is 0.632. The lowest BCUT2D eigenvalue weighted by atomic mass is 9.99. The lowest BCUT2D eigenvalue weighted by Crippen LogP contribution is -2.39. The van der Waals surface area contributed by atoms with Gasteiger partial charge in [-0.2, -0.15) is 4.31 Å². The summed E-state index contributed by atoms with van der Waals surface area (Å²) in [5, 5.41) is 0.305. The van der Waals surface area contributed by atoms with Crippen molar-refractivity contribution in [3.05, 3.63) is 28.8 Å². The van der Waals surface area contributed by atoms with Crippen LogP contribution in [-0.4, -0.2) is 49.7 Å². The van der Waals surface area contributed by atoms with Crippen LogP contribution < -0.4 is 0 Å². The van der Waals surface area contributed by atoms with Crippen LogP contribution in [-0.2, 0) is 10.0 Å². The van der Waals surface area contributed by atoms with Crippen molar-refractivity contribution in [2.75, 3.05) is 26.2 Å². The van der Waals surface area contributed by atoms with E-state index in [0.717, 1.165) is 25.7 Å². The molecule has 0 aromatic heterocycles. The topological polar surface area (TPSA) is 57.7 Å². The van der Waals surface area contributed by atoms with Crippen LogP contribution in [0.5, 0.6) is 0 Å². The van der Waals surface area contributed by atoms with Gasteiger partial charge in [0.2, 0.25) is 10.0 Å². The third kappa shape index (κ3) is 4.07. The van der Waals surface area contributed by atoms with Crippen molar-refractivity contribution in [2.45, 2.75) is 44.4 Å². The summed E-state index contributed by atoms with van der Waals surface area (Å²) < 4.78 is 27.5. The van der Waals surface area contributed by atoms with Crippen LogP contribution in [0.4, 0.5) is 0 Å². The largest absolute Gasteiger partial charge is 0.338 e. The van der Waals surface area contributed by atoms with Crippen LogP contribution in [0.15, 0.2) is 23.1 Å². The van der Waals surface area contributed by atoms with Gasteiger partial charge in [0.05, 0.1) is 15.5 Å². The zero-order valence-corrected chi connectivity index (χ0v) is 17.0. The molecule has 2 saturated heterocycles. The summed E-state index contributed by atoms with van der Waals surface area (Å²) in [7, 11) is -3.60. The Labute approximate surface area is 161 Å². The normalized spacial score (nSPS) is 23.2. The Morgan fingerprint density at radius 1 is 1.08 bits per heavy atom. The molecule has 3 rings (SSSR count). The SMILES string of the molecule is CC1CCN(S(=O)(=O)c2ccc(Cl)c(C(=O)N3CCCC(C)C3)c2)CC1. The van der Waals surface area contributed by atoms with E-state index >= 15 is 0 Å². The van der Waals surface area contributed by atoms with Crippen LogP contribution in [0.2, 0.25) is 5.02 Å². The minimum atomic E-state index is -3.60. The van der Waals surface area contributed by atoms with Crippen LogP contribution in [0.25, 0.3) is 0 Å². The van der Waals surface area contributed by atoms with Crippen molar-refractivity contribution in [1.82, 2.24) is 9.21 Å². The molecule has 1 atom stereocenters. The van der Waals surface area contributed by atoms with Crippen LogP contribution in [0.1, 0.15) is 49.9 Å². The number of rotatable bonds is 3. The van der Waals surface area contributed by atoms with E-state index < -0.39 is 10.0 Å². The third-order valence-electron chi connectivity index (χ3n) is 5.49. The van der Waals surface area contributed by atoms with Crippen LogP contribution >= 0.6 is 11.6 Å². The highest BCUT2D eigenvalue weighted by Gasteiger charge is 2.30. The van der Waals surface area contributed by atoms with E-state index in [1.807, 2.05) is 0 Å². The van der Waals surface area contributed by atoms with Gasteiger partial charge in [-0.3, -0.25) is 4.79 Å². The summed E-state index contributed by atoms with van der Waals surface area (Å²) in [5.74, 6) is 0.824. The Morgan fingerprint density at radius 3 is 2.42 bits per heavy atom. The van der Waals surface area contributed by atoms with Gasteiger partial charge in [-0.05, 0) is 55.7 Å². The quantitative estimate of drug-likeness (QED) is 0.781. The molecule has 0 N–H and O–H groups in total. The number of hydrogen-bond donors (Lipinski definition) is 0. The number of carbonyl (C=O) groups is 1. The monoisotopic (exact) mass is 398 g/mol. The van der Waals surface area contributed by atoms with E-state index in [9.17, 15) is 13.2 Å². The zero-order valence-electron chi connectivity index (χ0n) is 15.4. The predicted octanol–water partition coefficient (Wildman–Crippen LogP) is 3.63. The van der Waals surface area contributed by atoms with E-state index in [2.05, 4.69) is 13.8 Å². The molecule has 2 fully saturated rings. The number of likely N-dealkylation sites (tertiary alicyclic amines) is 1. The van der Waals surface area contributed by atoms with Crippen molar-refractivity contribution in [3.8, 4) is 0 Å². The average molecular weight is 399 g/mol. The molecule has 0 saturated carbocycles. The number of halogens is 1. The van der Waals surface area contributed by atoms with Gasteiger partial charge in [0, 0.05) is 26.2 Å². The lowest BCUT2D eigenvalue weighted by Gasteiger charge is -2.31. The van der Waals surface area contributed by atoms with Gasteiger partial charge in [0.25, 0.3) is 5.91 Å². The molecule has 0 bridgehead atoms. The predicted molar refractivity (Wildman–Crippen MR) is 103 cm³/mol. The molecule has 26 heavy (non-hydrogen) atoms. The first-order chi connectivity index (χ1) is 12.3. The maximum absolute atomic E-state index is 13.0. The van der Waals surface area contributed by atoms with Crippen molar-refractivity contribution >= 4 is 27.5 Å². The second-order valence-corrected chi connectivity index (χ2v) is 10.1. The highest BCUT2D eigenvalue weighted by atomic mass is 35.5. The highest BCUT2D eigenvalue weighted by molar-refractivity contribution is 7.89. The van der Waals surface area contributed by atoms with Crippen molar-refractivity contribution in [1.29, 1.82) is 0 Å². The first kappa shape index (κ1) is 19.6. The molecule has 1 aromatic rings. The number of piperidine rings is 2. The van der Waals surface area contributed by atoms with Gasteiger partial charge in [0.15, 0.2) is 0 Å². The van der Waals surface area contributed by atoms with Gasteiger partial charge in [-0.1, -0.05) is 25.4 Å². The summed E-state index contributed by atoms with van der Waals surface area (Å²) in [4.78, 5) is 14.8. The standard InChI is InChI=1S/C19H27ClN2O3S/c1-14-7-10-22(11-8-14)26(24,25)16-5-6-18(20)17(12-16)19(23)21-9-3-4-15(2)13-21/h5-6,12,14-15H,3-4,7-11,13H2,1-2H3. The molecular formula is C19H27ClN2O3S. The molecule has 144 valence electrons. The number of carbonyl (C=O) groups excluding carboxylic acids is 1. The number of sulfonamides is 1. The third-order valence-corrected chi connectivity index (χ3v) is 7.72. The van der Waals surface area contributed by atoms with Crippen molar-refractivity contribution < 1.29 is 13.2 Å². The van der Waals surface area contributed by atoms with E-state index in [-0.39, 0.29) is 16.4 Å². The highest BCUT2D eigenvalue weighted by Crippen LogP contribution is 2.28. The van der Waals surface area contributed by atoms with Gasteiger partial charge in [-0.15, -0.1) is 0 Å². The first-order valence-corrected chi connectivity index (χ1v) is 11.2. The minimum Gasteiger partial charge on any atom is -0.338 e. The summed E-state index contributed by atoms with van der Waals surface area (Å²) in [5.41, 5.74) is 0.284. The molecule has 5 nitrogen and oxygen atoms in total. The Morgan fingerprint density at radius 2 is 1.77 bits per heavy atom. The molecular weight excluding hydrogens is 372 g/mol. The van der Waals surface area contributed by atoms with E-state index in [1.54, 1.807) is 4.90 Å². The fourth-order valence-corrected chi connectivity index (χ4v) is 5.44. The summed E-state index contributed by atoms with van der Waals surface area (Å²) in [6.07, 6.45) is 3.81. The smallest absolute Gasteiger partial charge is 0.255 e. The Bertz CT molecular complexity index is 773. The van der Waals surface area contributed by atoms with Gasteiger partial charge >= 0.3 is 0 Å². The minimum absolute atomic E-state index is 0.157. The van der Waals surface area contributed by atoms with E-state index in [0.29, 0.717) is 43.0 Å². The maximum atomic E-state index is 13.0. The van der Waals surface area contributed by atoms with Gasteiger partial charge < -0.3 is 4.90 Å². The Balaban J connectivity index is 1.86. The number of nitrogens with zero attached hydrogens (tertiary/aromatic N) is 2. The average Bonchev–Trinajstić information content (AvgIpc) is 2.62. The molecule has 7 heteroatoms. The van der Waals surface area contributed by atoms with Gasteiger partial charge in [0.1, 0.15) is 0 Å². The molecule has 2 aliphatic heterocycles. The van der Waals surface area contributed by atoms with Crippen molar-refractivity contribution in [3.63, 3.8) is 0 Å². The fourth-order valence-electron chi connectivity index (χ4n) is 3.75. The van der Waals surface area contributed by atoms with Gasteiger partial charge in [-0.25, -0.2) is 8.42 Å². The molecule has 2 heterocycles. The summed E-state index contributed by atoms with van der Waals surface area (Å²) >= 11 is 6.25. The molecule has 0 aliphatic carbocycles. The summed E-state index contributed by atoms with van der Waals surface area (Å²) in [6.45, 7) is 6.71. The number of benzene rings is 1. The Hall–Kier alpha value is -1.11. The second kappa shape index (κ2) is 7.87. The summed E-state index contributed by atoms with van der Waals surface area (Å²) in [6, 6.07) is 4.49. The molecule has 0 spiro atoms. The van der Waals surface area contributed by atoms with Crippen LogP contribution in [0.3, 0.4) is 0 Å². The first-order valence-electron chi connectivity index (χ1n) is 9.38. The molecule has 0 radical (unpaired) electrons. The maximum Gasteiger partial charge on any atom is 0.255 e. The molecule has 1 aromatic carbocycles. The van der Waals surface area contributed by atoms with E-state index in [1.165, 1.54) is 22.5 Å². The molecule has 1 amide bonds. The number of amides is 1. The van der Waals surface area contributed by atoms with E-state index in [4.69, 9.17) is 11.6 Å². The lowest BCUT2D eigenvalue weighted by molar-refractivity contribution is 0.0683. The zero-order chi connectivity index (χ0) is 18.9. The second-order valence-electron chi connectivity index (χ2n) is 7.73. The Kier molecular flexibility index (Phi) is 5.94. The van der Waals surface area contributed by atoms with Crippen molar-refractivity contribution in [2.24, 2.45) is 11.8 Å². The molecule has 1 unspecified atom stereocenters. The number of hydrogen-bond acceptors (Lipinski definition) is 3. The van der Waals surface area contributed by atoms with Crippen LogP contribution in [0, 0.1) is 11.8 Å². The molecule has 2 aliphatic rings.